The van der Waals surface area contributed by atoms with Gasteiger partial charge in [-0.1, -0.05) is 6.92 Å². The fraction of sp³-hybridized carbons (Fsp3) is 0.667. The summed E-state index contributed by atoms with van der Waals surface area (Å²) in [6.07, 6.45) is 4.40. The first-order chi connectivity index (χ1) is 8.19. The first-order valence-electron chi connectivity index (χ1n) is 6.22. The lowest BCUT2D eigenvalue weighted by Gasteiger charge is -2.08. The van der Waals surface area contributed by atoms with E-state index in [2.05, 4.69) is 15.7 Å². The Balaban J connectivity index is 1.92. The van der Waals surface area contributed by atoms with Gasteiger partial charge in [-0.15, -0.1) is 0 Å². The van der Waals surface area contributed by atoms with E-state index in [1.807, 2.05) is 20.2 Å². The number of rotatable bonds is 4. The Hall–Kier alpha value is -1.36. The molecule has 5 heteroatoms. The van der Waals surface area contributed by atoms with Crippen LogP contribution >= 0.6 is 0 Å². The maximum absolute atomic E-state index is 11.9. The zero-order chi connectivity index (χ0) is 12.3. The molecule has 17 heavy (non-hydrogen) atoms. The summed E-state index contributed by atoms with van der Waals surface area (Å²) in [4.78, 5) is 11.9. The Bertz CT molecular complexity index is 393. The summed E-state index contributed by atoms with van der Waals surface area (Å²) in [6, 6.07) is 0. The van der Waals surface area contributed by atoms with Crippen molar-refractivity contribution >= 4 is 11.6 Å². The molecular weight excluding hydrogens is 216 g/mol. The molecule has 5 nitrogen and oxygen atoms in total. The minimum Gasteiger partial charge on any atom is -0.323 e. The van der Waals surface area contributed by atoms with Crippen molar-refractivity contribution in [3.63, 3.8) is 0 Å². The molecule has 0 radical (unpaired) electrons. The number of hydrogen-bond acceptors (Lipinski definition) is 3. The molecule has 1 aromatic heterocycles. The van der Waals surface area contributed by atoms with Gasteiger partial charge in [-0.2, -0.15) is 5.10 Å². The first-order valence-corrected chi connectivity index (χ1v) is 6.22. The average Bonchev–Trinajstić information content (AvgIpc) is 2.88. The number of carbonyl (C=O) groups excluding carboxylic acids is 1. The predicted octanol–water partition coefficient (Wildman–Crippen LogP) is 0.921. The van der Waals surface area contributed by atoms with Gasteiger partial charge in [-0.25, -0.2) is 0 Å². The van der Waals surface area contributed by atoms with Crippen LogP contribution in [-0.2, 0) is 18.3 Å². The Labute approximate surface area is 102 Å². The summed E-state index contributed by atoms with van der Waals surface area (Å²) >= 11 is 0. The van der Waals surface area contributed by atoms with Crippen molar-refractivity contribution in [2.45, 2.75) is 26.2 Å². The molecule has 94 valence electrons. The maximum Gasteiger partial charge on any atom is 0.224 e. The van der Waals surface area contributed by atoms with Crippen molar-refractivity contribution in [2.75, 3.05) is 18.4 Å². The van der Waals surface area contributed by atoms with Gasteiger partial charge in [0.1, 0.15) is 0 Å². The number of amides is 1. The molecule has 2 heterocycles. The van der Waals surface area contributed by atoms with Crippen molar-refractivity contribution in [2.24, 2.45) is 13.0 Å². The standard InChI is InChI=1S/C12H20N4O/c1-3-10-11(8-16(2)15-10)14-12(17)6-9-4-5-13-7-9/h8-9,13H,3-7H2,1-2H3,(H,14,17). The van der Waals surface area contributed by atoms with Crippen molar-refractivity contribution in [1.82, 2.24) is 15.1 Å². The number of anilines is 1. The molecule has 2 N–H and O–H groups in total. The van der Waals surface area contributed by atoms with Gasteiger partial charge in [0.05, 0.1) is 11.4 Å². The number of carbonyl (C=O) groups is 1. The summed E-state index contributed by atoms with van der Waals surface area (Å²) in [5.41, 5.74) is 1.80. The van der Waals surface area contributed by atoms with E-state index < -0.39 is 0 Å². The Morgan fingerprint density at radius 1 is 1.71 bits per heavy atom. The monoisotopic (exact) mass is 236 g/mol. The van der Waals surface area contributed by atoms with E-state index >= 15 is 0 Å². The van der Waals surface area contributed by atoms with Gasteiger partial charge < -0.3 is 10.6 Å². The van der Waals surface area contributed by atoms with Gasteiger partial charge in [0, 0.05) is 19.7 Å². The molecule has 1 unspecified atom stereocenters. The van der Waals surface area contributed by atoms with Gasteiger partial charge >= 0.3 is 0 Å². The molecule has 1 aliphatic rings. The first kappa shape index (κ1) is 12.1. The Morgan fingerprint density at radius 3 is 3.18 bits per heavy atom. The lowest BCUT2D eigenvalue weighted by Crippen LogP contribution is -2.18. The number of nitrogens with zero attached hydrogens (tertiary/aromatic N) is 2. The molecule has 0 aliphatic carbocycles. The molecule has 1 saturated heterocycles. The molecule has 1 atom stereocenters. The topological polar surface area (TPSA) is 59.0 Å². The maximum atomic E-state index is 11.9. The average molecular weight is 236 g/mol. The van der Waals surface area contributed by atoms with E-state index in [9.17, 15) is 4.79 Å². The van der Waals surface area contributed by atoms with Crippen LogP contribution in [0.3, 0.4) is 0 Å². The largest absolute Gasteiger partial charge is 0.323 e. The van der Waals surface area contributed by atoms with Crippen molar-refractivity contribution in [3.05, 3.63) is 11.9 Å². The zero-order valence-electron chi connectivity index (χ0n) is 10.5. The summed E-state index contributed by atoms with van der Waals surface area (Å²) in [6.45, 7) is 4.03. The second-order valence-electron chi connectivity index (χ2n) is 4.63. The third kappa shape index (κ3) is 3.06. The SMILES string of the molecule is CCc1nn(C)cc1NC(=O)CC1CCNC1. The Morgan fingerprint density at radius 2 is 2.53 bits per heavy atom. The highest BCUT2D eigenvalue weighted by Crippen LogP contribution is 2.17. The second kappa shape index (κ2) is 5.31. The third-order valence-corrected chi connectivity index (χ3v) is 3.15. The van der Waals surface area contributed by atoms with Gasteiger partial charge in [0.2, 0.25) is 5.91 Å². The van der Waals surface area contributed by atoms with Crippen LogP contribution in [0.4, 0.5) is 5.69 Å². The molecule has 0 aromatic carbocycles. The fourth-order valence-corrected chi connectivity index (χ4v) is 2.25. The lowest BCUT2D eigenvalue weighted by atomic mass is 10.0. The third-order valence-electron chi connectivity index (χ3n) is 3.15. The highest BCUT2D eigenvalue weighted by Gasteiger charge is 2.19. The van der Waals surface area contributed by atoms with Gasteiger partial charge in [0.15, 0.2) is 0 Å². The van der Waals surface area contributed by atoms with E-state index in [0.717, 1.165) is 37.3 Å². The minimum atomic E-state index is 0.0985. The van der Waals surface area contributed by atoms with Crippen molar-refractivity contribution in [3.8, 4) is 0 Å². The second-order valence-corrected chi connectivity index (χ2v) is 4.63. The zero-order valence-corrected chi connectivity index (χ0v) is 10.5. The van der Waals surface area contributed by atoms with Gasteiger partial charge in [0.25, 0.3) is 0 Å². The minimum absolute atomic E-state index is 0.0985. The lowest BCUT2D eigenvalue weighted by molar-refractivity contribution is -0.116. The Kier molecular flexibility index (Phi) is 3.78. The number of aryl methyl sites for hydroxylation is 2. The number of nitrogens with one attached hydrogen (secondary N) is 2. The van der Waals surface area contributed by atoms with Crippen LogP contribution in [0, 0.1) is 5.92 Å². The molecule has 0 saturated carbocycles. The highest BCUT2D eigenvalue weighted by molar-refractivity contribution is 5.91. The summed E-state index contributed by atoms with van der Waals surface area (Å²) in [5, 5.41) is 10.5. The van der Waals surface area contributed by atoms with E-state index in [-0.39, 0.29) is 5.91 Å². The predicted molar refractivity (Wildman–Crippen MR) is 66.8 cm³/mol. The summed E-state index contributed by atoms with van der Waals surface area (Å²) < 4.78 is 1.74. The normalized spacial score (nSPS) is 19.5. The summed E-state index contributed by atoms with van der Waals surface area (Å²) in [7, 11) is 1.87. The molecular formula is C12H20N4O. The fourth-order valence-electron chi connectivity index (χ4n) is 2.25. The van der Waals surface area contributed by atoms with E-state index in [0.29, 0.717) is 12.3 Å². The number of aromatic nitrogens is 2. The van der Waals surface area contributed by atoms with Crippen LogP contribution in [0.25, 0.3) is 0 Å². The number of hydrogen-bond donors (Lipinski definition) is 2. The van der Waals surface area contributed by atoms with Crippen LogP contribution in [-0.4, -0.2) is 28.8 Å². The van der Waals surface area contributed by atoms with E-state index in [1.165, 1.54) is 0 Å². The quantitative estimate of drug-likeness (QED) is 0.817. The van der Waals surface area contributed by atoms with Crippen LogP contribution in [0.15, 0.2) is 6.20 Å². The molecule has 2 rings (SSSR count). The van der Waals surface area contributed by atoms with Crippen LogP contribution < -0.4 is 10.6 Å². The van der Waals surface area contributed by atoms with E-state index in [1.54, 1.807) is 4.68 Å². The van der Waals surface area contributed by atoms with Crippen LogP contribution in [0.1, 0.15) is 25.5 Å². The van der Waals surface area contributed by atoms with E-state index in [4.69, 9.17) is 0 Å². The molecule has 1 fully saturated rings. The summed E-state index contributed by atoms with van der Waals surface area (Å²) in [5.74, 6) is 0.582. The molecule has 1 amide bonds. The smallest absolute Gasteiger partial charge is 0.224 e. The van der Waals surface area contributed by atoms with Gasteiger partial charge in [-0.3, -0.25) is 9.48 Å². The van der Waals surface area contributed by atoms with Crippen LogP contribution in [0.2, 0.25) is 0 Å². The van der Waals surface area contributed by atoms with Crippen molar-refractivity contribution in [1.29, 1.82) is 0 Å². The van der Waals surface area contributed by atoms with Crippen molar-refractivity contribution < 1.29 is 4.79 Å². The molecule has 0 spiro atoms. The molecule has 1 aromatic rings. The van der Waals surface area contributed by atoms with Crippen LogP contribution in [0.5, 0.6) is 0 Å². The van der Waals surface area contributed by atoms with Gasteiger partial charge in [-0.05, 0) is 31.8 Å². The molecule has 0 bridgehead atoms. The molecule has 1 aliphatic heterocycles. The highest BCUT2D eigenvalue weighted by atomic mass is 16.1.